The van der Waals surface area contributed by atoms with E-state index in [-0.39, 0.29) is 11.6 Å². The van der Waals surface area contributed by atoms with Gasteiger partial charge in [-0.3, -0.25) is 9.59 Å². The summed E-state index contributed by atoms with van der Waals surface area (Å²) in [5.41, 5.74) is 8.75. The van der Waals surface area contributed by atoms with E-state index in [1.807, 2.05) is 48.5 Å². The molecule has 8 nitrogen and oxygen atoms in total. The Labute approximate surface area is 341 Å². The van der Waals surface area contributed by atoms with Crippen molar-refractivity contribution in [3.05, 3.63) is 94.0 Å². The van der Waals surface area contributed by atoms with Gasteiger partial charge >= 0.3 is 0 Å². The maximum atomic E-state index is 13.2. The Morgan fingerprint density at radius 2 is 0.895 bits per heavy atom. The summed E-state index contributed by atoms with van der Waals surface area (Å²) in [7, 11) is 1.66. The molecule has 0 fully saturated rings. The standard InChI is InChI=1S/C26H35NO3.C23H29NO3/c1-5-9-15-29-23-18-19(11-6-2)17-21-25(23)24-20(26(21)28)12-10-13-22(24)30-16-14-27(7-3)8-4;1-5-9-16-14-18-22(20(15-16)26-4)21-17(23(18)25)10-8-11-19(21)27-13-12-24(6-2)7-3/h10,12-13,17-18H,5-9,11,14-16H2,1-4H3;8,10-11,14-15H,5-7,9,12-13H2,1-4H3. The highest BCUT2D eigenvalue weighted by Crippen LogP contribution is 2.49. The van der Waals surface area contributed by atoms with Gasteiger partial charge in [-0.15, -0.1) is 0 Å². The van der Waals surface area contributed by atoms with Crippen LogP contribution in [-0.2, 0) is 12.8 Å². The molecule has 0 saturated carbocycles. The summed E-state index contributed by atoms with van der Waals surface area (Å²) in [4.78, 5) is 30.9. The van der Waals surface area contributed by atoms with Gasteiger partial charge in [-0.2, -0.15) is 0 Å². The third kappa shape index (κ3) is 9.90. The van der Waals surface area contributed by atoms with Crippen molar-refractivity contribution in [1.82, 2.24) is 9.80 Å². The van der Waals surface area contributed by atoms with Crippen LogP contribution >= 0.6 is 0 Å². The number of methoxy groups -OCH3 is 1. The average Bonchev–Trinajstić information content (AvgIpc) is 3.69. The van der Waals surface area contributed by atoms with Crippen LogP contribution in [0.4, 0.5) is 0 Å². The Morgan fingerprint density at radius 3 is 1.32 bits per heavy atom. The number of ether oxygens (including phenoxy) is 4. The number of benzene rings is 4. The summed E-state index contributed by atoms with van der Waals surface area (Å²) in [6.07, 6.45) is 6.01. The predicted octanol–water partition coefficient (Wildman–Crippen LogP) is 10.3. The van der Waals surface area contributed by atoms with E-state index in [9.17, 15) is 9.59 Å². The zero-order chi connectivity index (χ0) is 40.9. The minimum absolute atomic E-state index is 0.0606. The van der Waals surface area contributed by atoms with Crippen LogP contribution in [0, 0.1) is 0 Å². The molecule has 0 unspecified atom stereocenters. The molecule has 0 atom stereocenters. The third-order valence-corrected chi connectivity index (χ3v) is 11.0. The van der Waals surface area contributed by atoms with E-state index >= 15 is 0 Å². The van der Waals surface area contributed by atoms with E-state index in [4.69, 9.17) is 18.9 Å². The van der Waals surface area contributed by atoms with Gasteiger partial charge in [0.1, 0.15) is 36.2 Å². The minimum atomic E-state index is 0.0606. The van der Waals surface area contributed by atoms with Crippen molar-refractivity contribution >= 4 is 11.6 Å². The van der Waals surface area contributed by atoms with Gasteiger partial charge in [0.25, 0.3) is 0 Å². The maximum absolute atomic E-state index is 13.2. The van der Waals surface area contributed by atoms with Gasteiger partial charge in [0.15, 0.2) is 11.6 Å². The van der Waals surface area contributed by atoms with Crippen molar-refractivity contribution in [2.24, 2.45) is 0 Å². The number of fused-ring (bicyclic) bond motifs is 6. The monoisotopic (exact) mass is 776 g/mol. The maximum Gasteiger partial charge on any atom is 0.194 e. The van der Waals surface area contributed by atoms with Crippen molar-refractivity contribution in [1.29, 1.82) is 0 Å². The van der Waals surface area contributed by atoms with Gasteiger partial charge in [-0.05, 0) is 93.0 Å². The van der Waals surface area contributed by atoms with E-state index in [1.165, 1.54) is 0 Å². The number of hydrogen-bond acceptors (Lipinski definition) is 8. The van der Waals surface area contributed by atoms with E-state index in [0.717, 1.165) is 151 Å². The summed E-state index contributed by atoms with van der Waals surface area (Å²) >= 11 is 0. The van der Waals surface area contributed by atoms with Crippen LogP contribution in [0.1, 0.15) is 117 Å². The van der Waals surface area contributed by atoms with Gasteiger partial charge in [-0.25, -0.2) is 0 Å². The second-order valence-electron chi connectivity index (χ2n) is 14.7. The van der Waals surface area contributed by atoms with Gasteiger partial charge < -0.3 is 28.7 Å². The summed E-state index contributed by atoms with van der Waals surface area (Å²) in [6, 6.07) is 19.8. The molecule has 0 amide bonds. The Balaban J connectivity index is 0.000000219. The lowest BCUT2D eigenvalue weighted by Crippen LogP contribution is -2.28. The number of hydrogen-bond donors (Lipinski definition) is 0. The quantitative estimate of drug-likeness (QED) is 0.0669. The van der Waals surface area contributed by atoms with Crippen LogP contribution in [0.3, 0.4) is 0 Å². The first-order chi connectivity index (χ1) is 27.8. The molecule has 57 heavy (non-hydrogen) atoms. The van der Waals surface area contributed by atoms with Crippen molar-refractivity contribution in [3.63, 3.8) is 0 Å². The van der Waals surface area contributed by atoms with Gasteiger partial charge in [0.05, 0.1) is 13.7 Å². The highest BCUT2D eigenvalue weighted by molar-refractivity contribution is 6.24. The van der Waals surface area contributed by atoms with Gasteiger partial charge in [0, 0.05) is 57.6 Å². The van der Waals surface area contributed by atoms with Gasteiger partial charge in [0.2, 0.25) is 0 Å². The van der Waals surface area contributed by atoms with Crippen LogP contribution in [-0.4, -0.2) is 87.6 Å². The molecule has 0 heterocycles. The molecule has 6 rings (SSSR count). The summed E-state index contributed by atoms with van der Waals surface area (Å²) < 4.78 is 24.2. The molecule has 2 aliphatic carbocycles. The second kappa shape index (κ2) is 21.2. The number of carbonyl (C=O) groups excluding carboxylic acids is 2. The number of likely N-dealkylation sites (N-methyl/N-ethyl adjacent to an activating group) is 2. The lowest BCUT2D eigenvalue weighted by Gasteiger charge is -2.19. The molecule has 0 radical (unpaired) electrons. The molecular formula is C49H64N2O6. The minimum Gasteiger partial charge on any atom is -0.496 e. The fraction of sp³-hybridized carbons (Fsp3) is 0.469. The van der Waals surface area contributed by atoms with Crippen LogP contribution in [0.5, 0.6) is 23.0 Å². The smallest absolute Gasteiger partial charge is 0.194 e. The fourth-order valence-electron chi connectivity index (χ4n) is 7.82. The number of nitrogens with zero attached hydrogens (tertiary/aromatic N) is 2. The Hall–Kier alpha value is -4.66. The predicted molar refractivity (Wildman–Crippen MR) is 232 cm³/mol. The van der Waals surface area contributed by atoms with E-state index < -0.39 is 0 Å². The summed E-state index contributed by atoms with van der Waals surface area (Å²) in [5, 5.41) is 0. The summed E-state index contributed by atoms with van der Waals surface area (Å²) in [5.74, 6) is 3.24. The van der Waals surface area contributed by atoms with Crippen molar-refractivity contribution in [2.45, 2.75) is 87.0 Å². The zero-order valence-electron chi connectivity index (χ0n) is 35.7. The number of rotatable bonds is 21. The largest absolute Gasteiger partial charge is 0.496 e. The van der Waals surface area contributed by atoms with Crippen molar-refractivity contribution in [3.8, 4) is 45.3 Å². The van der Waals surface area contributed by atoms with E-state index in [1.54, 1.807) is 7.11 Å². The molecule has 0 bridgehead atoms. The highest BCUT2D eigenvalue weighted by Gasteiger charge is 2.34. The van der Waals surface area contributed by atoms with Crippen molar-refractivity contribution in [2.75, 3.05) is 66.2 Å². The number of aryl methyl sites for hydroxylation is 2. The molecule has 306 valence electrons. The first-order valence-corrected chi connectivity index (χ1v) is 21.4. The Morgan fingerprint density at radius 1 is 0.474 bits per heavy atom. The normalized spacial score (nSPS) is 12.2. The van der Waals surface area contributed by atoms with E-state index in [2.05, 4.69) is 70.4 Å². The van der Waals surface area contributed by atoms with Crippen LogP contribution in [0.2, 0.25) is 0 Å². The molecule has 0 spiro atoms. The van der Waals surface area contributed by atoms with Crippen molar-refractivity contribution < 1.29 is 28.5 Å². The fourth-order valence-corrected chi connectivity index (χ4v) is 7.82. The molecule has 0 N–H and O–H groups in total. The average molecular weight is 777 g/mol. The summed E-state index contributed by atoms with van der Waals surface area (Å²) in [6.45, 7) is 22.7. The zero-order valence-corrected chi connectivity index (χ0v) is 35.7. The topological polar surface area (TPSA) is 77.5 Å². The first-order valence-electron chi connectivity index (χ1n) is 21.4. The molecule has 4 aromatic carbocycles. The molecule has 8 heteroatoms. The Kier molecular flexibility index (Phi) is 16.2. The molecular weight excluding hydrogens is 713 g/mol. The Bertz CT molecular complexity index is 1980. The molecule has 4 aromatic rings. The van der Waals surface area contributed by atoms with E-state index in [0.29, 0.717) is 25.4 Å². The van der Waals surface area contributed by atoms with Gasteiger partial charge in [-0.1, -0.05) is 92.0 Å². The highest BCUT2D eigenvalue weighted by atomic mass is 16.5. The molecule has 0 aromatic heterocycles. The molecule has 2 aliphatic rings. The van der Waals surface area contributed by atoms with Crippen LogP contribution < -0.4 is 18.9 Å². The molecule has 0 saturated heterocycles. The SMILES string of the molecule is CCCCOc1cc(CCC)cc2c1-c1c(OCCN(CC)CC)cccc1C2=O.CCCc1cc(OC)c2c(c1)C(=O)c1cccc(OCCN(CC)CC)c1-2. The lowest BCUT2D eigenvalue weighted by atomic mass is 9.99. The first kappa shape index (κ1) is 43.5. The number of ketones is 2. The van der Waals surface area contributed by atoms with Crippen LogP contribution in [0.25, 0.3) is 22.3 Å². The number of carbonyl (C=O) groups is 2. The third-order valence-electron chi connectivity index (χ3n) is 11.0. The van der Waals surface area contributed by atoms with Crippen LogP contribution in [0.15, 0.2) is 60.7 Å². The second-order valence-corrected chi connectivity index (χ2v) is 14.7. The number of unbranched alkanes of at least 4 members (excludes halogenated alkanes) is 1. The lowest BCUT2D eigenvalue weighted by molar-refractivity contribution is 0.103. The molecule has 0 aliphatic heterocycles.